The molecule has 0 N–H and O–H groups in total. The Morgan fingerprint density at radius 3 is 3.21 bits per heavy atom. The summed E-state index contributed by atoms with van der Waals surface area (Å²) in [7, 11) is 2.13. The third-order valence-corrected chi connectivity index (χ3v) is 2.56. The number of pyridine rings is 1. The second-order valence-electron chi connectivity index (χ2n) is 3.85. The molecule has 0 bridgehead atoms. The molecular weight excluding hydrogens is 176 g/mol. The summed E-state index contributed by atoms with van der Waals surface area (Å²) in [4.78, 5) is 6.35. The minimum absolute atomic E-state index is 0.403. The van der Waals surface area contributed by atoms with Gasteiger partial charge in [-0.15, -0.1) is 0 Å². The predicted octanol–water partition coefficient (Wildman–Crippen LogP) is 1.30. The first-order valence-electron chi connectivity index (χ1n) is 5.03. The molecule has 1 saturated heterocycles. The summed E-state index contributed by atoms with van der Waals surface area (Å²) in [5, 5.41) is 0. The molecule has 1 aliphatic rings. The molecule has 0 unspecified atom stereocenters. The molecule has 0 amide bonds. The molecule has 14 heavy (non-hydrogen) atoms. The molecule has 0 spiro atoms. The van der Waals surface area contributed by atoms with E-state index in [9.17, 15) is 0 Å². The summed E-state index contributed by atoms with van der Waals surface area (Å²) in [5.41, 5.74) is 1.15. The topological polar surface area (TPSA) is 25.4 Å². The van der Waals surface area contributed by atoms with E-state index < -0.39 is 0 Å². The predicted molar refractivity (Wildman–Crippen MR) is 54.9 cm³/mol. The lowest BCUT2D eigenvalue weighted by molar-refractivity contribution is 0.0482. The maximum Gasteiger partial charge on any atom is 0.0736 e. The van der Waals surface area contributed by atoms with Crippen LogP contribution in [0.4, 0.5) is 0 Å². The van der Waals surface area contributed by atoms with Crippen LogP contribution in [0, 0.1) is 0 Å². The molecule has 1 aromatic rings. The van der Waals surface area contributed by atoms with Gasteiger partial charge in [-0.05, 0) is 25.1 Å². The summed E-state index contributed by atoms with van der Waals surface area (Å²) in [6.07, 6.45) is 5.20. The number of likely N-dealkylation sites (N-methyl/N-ethyl adjacent to an activating group) is 1. The van der Waals surface area contributed by atoms with Gasteiger partial charge in [-0.3, -0.25) is 4.98 Å². The van der Waals surface area contributed by atoms with Crippen LogP contribution in [0.1, 0.15) is 12.0 Å². The van der Waals surface area contributed by atoms with Gasteiger partial charge >= 0.3 is 0 Å². The largest absolute Gasteiger partial charge is 0.372 e. The van der Waals surface area contributed by atoms with Crippen molar-refractivity contribution in [2.75, 3.05) is 20.1 Å². The standard InChI is InChI=1S/C11H16N2O/c1-13-6-4-11(8-13)14-9-10-3-2-5-12-7-10/h2-3,5,7,11H,4,6,8-9H2,1H3/t11-/m1/s1. The first kappa shape index (κ1) is 9.62. The second kappa shape index (κ2) is 4.53. The molecule has 3 nitrogen and oxygen atoms in total. The van der Waals surface area contributed by atoms with Crippen LogP contribution in [0.25, 0.3) is 0 Å². The van der Waals surface area contributed by atoms with Crippen molar-refractivity contribution in [2.45, 2.75) is 19.1 Å². The molecule has 0 aliphatic carbocycles. The van der Waals surface area contributed by atoms with Gasteiger partial charge in [0, 0.05) is 25.5 Å². The van der Waals surface area contributed by atoms with E-state index >= 15 is 0 Å². The monoisotopic (exact) mass is 192 g/mol. The normalized spacial score (nSPS) is 22.8. The first-order valence-corrected chi connectivity index (χ1v) is 5.03. The molecule has 1 aromatic heterocycles. The van der Waals surface area contributed by atoms with Crippen LogP contribution in [0.15, 0.2) is 24.5 Å². The van der Waals surface area contributed by atoms with Gasteiger partial charge in [-0.1, -0.05) is 6.07 Å². The van der Waals surface area contributed by atoms with Crippen molar-refractivity contribution in [3.05, 3.63) is 30.1 Å². The van der Waals surface area contributed by atoms with Crippen LogP contribution in [0.3, 0.4) is 0 Å². The number of rotatable bonds is 3. The van der Waals surface area contributed by atoms with Gasteiger partial charge in [0.2, 0.25) is 0 Å². The fraction of sp³-hybridized carbons (Fsp3) is 0.545. The van der Waals surface area contributed by atoms with E-state index in [1.807, 2.05) is 18.3 Å². The van der Waals surface area contributed by atoms with E-state index in [4.69, 9.17) is 4.74 Å². The van der Waals surface area contributed by atoms with Gasteiger partial charge in [-0.2, -0.15) is 0 Å². The van der Waals surface area contributed by atoms with Gasteiger partial charge < -0.3 is 9.64 Å². The van der Waals surface area contributed by atoms with Gasteiger partial charge in [-0.25, -0.2) is 0 Å². The van der Waals surface area contributed by atoms with Crippen LogP contribution >= 0.6 is 0 Å². The molecule has 0 saturated carbocycles. The van der Waals surface area contributed by atoms with Crippen LogP contribution in [0.2, 0.25) is 0 Å². The molecule has 0 radical (unpaired) electrons. The molecule has 2 rings (SSSR count). The van der Waals surface area contributed by atoms with Crippen LogP contribution in [-0.4, -0.2) is 36.1 Å². The fourth-order valence-electron chi connectivity index (χ4n) is 1.73. The van der Waals surface area contributed by atoms with Crippen LogP contribution in [-0.2, 0) is 11.3 Å². The van der Waals surface area contributed by atoms with Crippen molar-refractivity contribution in [2.24, 2.45) is 0 Å². The highest BCUT2D eigenvalue weighted by Gasteiger charge is 2.19. The highest BCUT2D eigenvalue weighted by molar-refractivity contribution is 5.06. The minimum atomic E-state index is 0.403. The molecular formula is C11H16N2O. The molecule has 1 aliphatic heterocycles. The maximum absolute atomic E-state index is 5.78. The lowest BCUT2D eigenvalue weighted by atomic mass is 10.3. The Labute approximate surface area is 84.7 Å². The van der Waals surface area contributed by atoms with Crippen LogP contribution in [0.5, 0.6) is 0 Å². The zero-order valence-electron chi connectivity index (χ0n) is 8.52. The average molecular weight is 192 g/mol. The van der Waals surface area contributed by atoms with E-state index in [-0.39, 0.29) is 0 Å². The van der Waals surface area contributed by atoms with Gasteiger partial charge in [0.15, 0.2) is 0 Å². The van der Waals surface area contributed by atoms with E-state index in [1.54, 1.807) is 6.20 Å². The summed E-state index contributed by atoms with van der Waals surface area (Å²) in [6.45, 7) is 2.89. The third kappa shape index (κ3) is 2.53. The Morgan fingerprint density at radius 2 is 2.57 bits per heavy atom. The Kier molecular flexibility index (Phi) is 3.11. The van der Waals surface area contributed by atoms with E-state index in [0.29, 0.717) is 12.7 Å². The Morgan fingerprint density at radius 1 is 1.64 bits per heavy atom. The van der Waals surface area contributed by atoms with Gasteiger partial charge in [0.25, 0.3) is 0 Å². The number of hydrogen-bond donors (Lipinski definition) is 0. The van der Waals surface area contributed by atoms with Crippen molar-refractivity contribution in [1.29, 1.82) is 0 Å². The number of nitrogens with zero attached hydrogens (tertiary/aromatic N) is 2. The van der Waals surface area contributed by atoms with E-state index in [0.717, 1.165) is 25.1 Å². The number of likely N-dealkylation sites (tertiary alicyclic amines) is 1. The Bertz CT molecular complexity index is 276. The molecule has 76 valence electrons. The van der Waals surface area contributed by atoms with E-state index in [1.165, 1.54) is 0 Å². The Hall–Kier alpha value is -0.930. The lowest BCUT2D eigenvalue weighted by Crippen LogP contribution is -2.18. The molecule has 1 atom stereocenters. The summed E-state index contributed by atoms with van der Waals surface area (Å²) in [5.74, 6) is 0. The lowest BCUT2D eigenvalue weighted by Gasteiger charge is -2.11. The summed E-state index contributed by atoms with van der Waals surface area (Å²) >= 11 is 0. The smallest absolute Gasteiger partial charge is 0.0736 e. The van der Waals surface area contributed by atoms with Crippen molar-refractivity contribution >= 4 is 0 Å². The zero-order valence-corrected chi connectivity index (χ0v) is 8.52. The number of aromatic nitrogens is 1. The molecule has 1 fully saturated rings. The van der Waals surface area contributed by atoms with E-state index in [2.05, 4.69) is 16.9 Å². The molecule has 3 heteroatoms. The summed E-state index contributed by atoms with van der Waals surface area (Å²) < 4.78 is 5.78. The maximum atomic E-state index is 5.78. The van der Waals surface area contributed by atoms with Gasteiger partial charge in [0.05, 0.1) is 12.7 Å². The highest BCUT2D eigenvalue weighted by Crippen LogP contribution is 2.12. The third-order valence-electron chi connectivity index (χ3n) is 2.56. The van der Waals surface area contributed by atoms with Gasteiger partial charge in [0.1, 0.15) is 0 Å². The number of hydrogen-bond acceptors (Lipinski definition) is 3. The minimum Gasteiger partial charge on any atom is -0.372 e. The average Bonchev–Trinajstić information content (AvgIpc) is 2.63. The first-order chi connectivity index (χ1) is 6.84. The van der Waals surface area contributed by atoms with Crippen molar-refractivity contribution in [1.82, 2.24) is 9.88 Å². The molecule has 2 heterocycles. The zero-order chi connectivity index (χ0) is 9.80. The van der Waals surface area contributed by atoms with Crippen molar-refractivity contribution in [3.63, 3.8) is 0 Å². The Balaban J connectivity index is 1.78. The van der Waals surface area contributed by atoms with Crippen molar-refractivity contribution in [3.8, 4) is 0 Å². The number of ether oxygens (including phenoxy) is 1. The summed E-state index contributed by atoms with van der Waals surface area (Å²) in [6, 6.07) is 3.99. The quantitative estimate of drug-likeness (QED) is 0.722. The second-order valence-corrected chi connectivity index (χ2v) is 3.85. The van der Waals surface area contributed by atoms with Crippen molar-refractivity contribution < 1.29 is 4.74 Å². The fourth-order valence-corrected chi connectivity index (χ4v) is 1.73. The molecule has 0 aromatic carbocycles. The SMILES string of the molecule is CN1CC[C@@H](OCc2cccnc2)C1. The highest BCUT2D eigenvalue weighted by atomic mass is 16.5. The van der Waals surface area contributed by atoms with Crippen LogP contribution < -0.4 is 0 Å².